The van der Waals surface area contributed by atoms with E-state index in [1.165, 1.54) is 32.1 Å². The van der Waals surface area contributed by atoms with Crippen LogP contribution in [0.2, 0.25) is 0 Å². The van der Waals surface area contributed by atoms with Crippen molar-refractivity contribution in [2.75, 3.05) is 19.8 Å². The van der Waals surface area contributed by atoms with Gasteiger partial charge in [0, 0.05) is 35.3 Å². The van der Waals surface area contributed by atoms with Gasteiger partial charge in [0.15, 0.2) is 0 Å². The summed E-state index contributed by atoms with van der Waals surface area (Å²) in [6.07, 6.45) is 9.39. The van der Waals surface area contributed by atoms with Crippen molar-refractivity contribution < 1.29 is 8.95 Å². The third-order valence-corrected chi connectivity index (χ3v) is 7.30. The molecular weight excluding hydrogens is 282 g/mol. The molecule has 1 heterocycles. The minimum atomic E-state index is -0.693. The largest absolute Gasteiger partial charge is 0.381 e. The van der Waals surface area contributed by atoms with Gasteiger partial charge in [-0.25, -0.2) is 0 Å². The van der Waals surface area contributed by atoms with Gasteiger partial charge in [0.1, 0.15) is 0 Å². The summed E-state index contributed by atoms with van der Waals surface area (Å²) in [6.45, 7) is 7.14. The third-order valence-electron chi connectivity index (χ3n) is 5.05. The highest BCUT2D eigenvalue weighted by Gasteiger charge is 2.37. The molecule has 0 bridgehead atoms. The van der Waals surface area contributed by atoms with E-state index in [1.807, 2.05) is 0 Å². The molecule has 0 aromatic rings. The number of hydrogen-bond donors (Lipinski definition) is 1. The summed E-state index contributed by atoms with van der Waals surface area (Å²) in [5.41, 5.74) is 0. The van der Waals surface area contributed by atoms with E-state index in [-0.39, 0.29) is 0 Å². The Morgan fingerprint density at radius 2 is 1.86 bits per heavy atom. The quantitative estimate of drug-likeness (QED) is 0.784. The van der Waals surface area contributed by atoms with Crippen LogP contribution in [0.4, 0.5) is 0 Å². The second kappa shape index (κ2) is 9.26. The second-order valence-electron chi connectivity index (χ2n) is 6.71. The monoisotopic (exact) mass is 315 g/mol. The third kappa shape index (κ3) is 5.04. The first-order valence-electron chi connectivity index (χ1n) is 8.96. The molecule has 1 N–H and O–H groups in total. The highest BCUT2D eigenvalue weighted by molar-refractivity contribution is 7.86. The maximum absolute atomic E-state index is 13.1. The fourth-order valence-electron chi connectivity index (χ4n) is 3.86. The molecule has 0 spiro atoms. The standard InChI is InChI=1S/C17H33NO2S/c1-3-5-14-6-7-16(18-10-4-2)17(13-14)21(19)15-8-11-20-12-9-15/h14-18H,3-13H2,1-2H3. The van der Waals surface area contributed by atoms with Gasteiger partial charge in [0.2, 0.25) is 0 Å². The zero-order chi connectivity index (χ0) is 15.1. The molecule has 124 valence electrons. The fraction of sp³-hybridized carbons (Fsp3) is 1.00. The number of rotatable bonds is 7. The van der Waals surface area contributed by atoms with Crippen molar-refractivity contribution in [3.63, 3.8) is 0 Å². The zero-order valence-corrected chi connectivity index (χ0v) is 14.6. The molecule has 21 heavy (non-hydrogen) atoms. The van der Waals surface area contributed by atoms with Crippen molar-refractivity contribution in [1.82, 2.24) is 5.32 Å². The summed E-state index contributed by atoms with van der Waals surface area (Å²) in [5, 5.41) is 4.42. The average Bonchev–Trinajstić information content (AvgIpc) is 2.54. The van der Waals surface area contributed by atoms with Crippen molar-refractivity contribution in [2.24, 2.45) is 5.92 Å². The van der Waals surface area contributed by atoms with Crippen LogP contribution in [0.5, 0.6) is 0 Å². The van der Waals surface area contributed by atoms with Gasteiger partial charge in [-0.15, -0.1) is 0 Å². The molecule has 1 saturated carbocycles. The lowest BCUT2D eigenvalue weighted by Crippen LogP contribution is -2.49. The van der Waals surface area contributed by atoms with Crippen LogP contribution < -0.4 is 5.32 Å². The van der Waals surface area contributed by atoms with Crippen molar-refractivity contribution in [3.8, 4) is 0 Å². The van der Waals surface area contributed by atoms with E-state index in [4.69, 9.17) is 4.74 Å². The number of hydrogen-bond acceptors (Lipinski definition) is 3. The van der Waals surface area contributed by atoms with Crippen LogP contribution in [0.15, 0.2) is 0 Å². The van der Waals surface area contributed by atoms with Crippen molar-refractivity contribution in [2.45, 2.75) is 81.8 Å². The van der Waals surface area contributed by atoms with E-state index in [9.17, 15) is 4.21 Å². The Morgan fingerprint density at radius 1 is 1.10 bits per heavy atom. The van der Waals surface area contributed by atoms with Gasteiger partial charge >= 0.3 is 0 Å². The van der Waals surface area contributed by atoms with Gasteiger partial charge in [-0.2, -0.15) is 0 Å². The van der Waals surface area contributed by atoms with Gasteiger partial charge in [0.25, 0.3) is 0 Å². The molecule has 4 heteroatoms. The normalized spacial score (nSPS) is 33.0. The highest BCUT2D eigenvalue weighted by Crippen LogP contribution is 2.33. The molecule has 0 aromatic carbocycles. The Bertz CT molecular complexity index is 318. The van der Waals surface area contributed by atoms with E-state index in [1.54, 1.807) is 0 Å². The van der Waals surface area contributed by atoms with E-state index in [0.29, 0.717) is 16.5 Å². The number of nitrogens with one attached hydrogen (secondary N) is 1. The predicted octanol–water partition coefficient (Wildman–Crippen LogP) is 3.25. The molecule has 4 unspecified atom stereocenters. The van der Waals surface area contributed by atoms with Gasteiger partial charge in [-0.3, -0.25) is 4.21 Å². The minimum absolute atomic E-state index is 0.366. The van der Waals surface area contributed by atoms with E-state index < -0.39 is 10.8 Å². The topological polar surface area (TPSA) is 38.3 Å². The Balaban J connectivity index is 1.98. The lowest BCUT2D eigenvalue weighted by Gasteiger charge is -2.38. The summed E-state index contributed by atoms with van der Waals surface area (Å²) < 4.78 is 18.5. The van der Waals surface area contributed by atoms with E-state index in [2.05, 4.69) is 19.2 Å². The van der Waals surface area contributed by atoms with Crippen LogP contribution in [0.25, 0.3) is 0 Å². The van der Waals surface area contributed by atoms with Crippen LogP contribution in [0, 0.1) is 5.92 Å². The molecule has 0 aromatic heterocycles. The summed E-state index contributed by atoms with van der Waals surface area (Å²) in [7, 11) is -0.693. The molecule has 0 radical (unpaired) electrons. The van der Waals surface area contributed by atoms with Gasteiger partial charge < -0.3 is 10.1 Å². The highest BCUT2D eigenvalue weighted by atomic mass is 32.2. The fourth-order valence-corrected chi connectivity index (χ4v) is 6.03. The van der Waals surface area contributed by atoms with Crippen LogP contribution >= 0.6 is 0 Å². The van der Waals surface area contributed by atoms with Gasteiger partial charge in [0.05, 0.1) is 5.25 Å². The Morgan fingerprint density at radius 3 is 2.52 bits per heavy atom. The first-order chi connectivity index (χ1) is 10.3. The van der Waals surface area contributed by atoms with Crippen LogP contribution in [0.3, 0.4) is 0 Å². The van der Waals surface area contributed by atoms with Crippen LogP contribution in [-0.2, 0) is 15.5 Å². The van der Waals surface area contributed by atoms with Crippen LogP contribution in [-0.4, -0.2) is 40.5 Å². The summed E-state index contributed by atoms with van der Waals surface area (Å²) in [5.74, 6) is 0.795. The summed E-state index contributed by atoms with van der Waals surface area (Å²) >= 11 is 0. The van der Waals surface area contributed by atoms with E-state index >= 15 is 0 Å². The Hall–Kier alpha value is 0.0700. The lowest BCUT2D eigenvalue weighted by molar-refractivity contribution is 0.0988. The predicted molar refractivity (Wildman–Crippen MR) is 90.1 cm³/mol. The Kier molecular flexibility index (Phi) is 7.69. The molecule has 3 nitrogen and oxygen atoms in total. The van der Waals surface area contributed by atoms with Gasteiger partial charge in [-0.1, -0.05) is 26.7 Å². The average molecular weight is 316 g/mol. The SMILES string of the molecule is CCCNC1CCC(CCC)CC1S(=O)C1CCOCC1. The molecule has 1 aliphatic carbocycles. The lowest BCUT2D eigenvalue weighted by atomic mass is 9.83. The van der Waals surface area contributed by atoms with Crippen molar-refractivity contribution in [3.05, 3.63) is 0 Å². The van der Waals surface area contributed by atoms with Crippen molar-refractivity contribution in [1.29, 1.82) is 0 Å². The number of ether oxygens (including phenoxy) is 1. The molecule has 0 amide bonds. The molecule has 4 atom stereocenters. The maximum Gasteiger partial charge on any atom is 0.0506 e. The van der Waals surface area contributed by atoms with Crippen molar-refractivity contribution >= 4 is 10.8 Å². The first kappa shape index (κ1) is 17.4. The molecule has 2 rings (SSSR count). The van der Waals surface area contributed by atoms with Gasteiger partial charge in [-0.05, 0) is 51.0 Å². The molecule has 1 aliphatic heterocycles. The van der Waals surface area contributed by atoms with Crippen LogP contribution in [0.1, 0.15) is 65.2 Å². The smallest absolute Gasteiger partial charge is 0.0506 e. The zero-order valence-electron chi connectivity index (χ0n) is 13.8. The maximum atomic E-state index is 13.1. The minimum Gasteiger partial charge on any atom is -0.381 e. The summed E-state index contributed by atoms with van der Waals surface area (Å²) in [6, 6.07) is 0.474. The molecule has 1 saturated heterocycles. The molecule has 2 fully saturated rings. The Labute approximate surface area is 133 Å². The first-order valence-corrected chi connectivity index (χ1v) is 10.2. The van der Waals surface area contributed by atoms with E-state index in [0.717, 1.165) is 44.9 Å². The summed E-state index contributed by atoms with van der Waals surface area (Å²) in [4.78, 5) is 0. The molecule has 2 aliphatic rings. The second-order valence-corrected chi connectivity index (χ2v) is 8.64. The molecular formula is C17H33NO2S.